The van der Waals surface area contributed by atoms with E-state index in [9.17, 15) is 0 Å². The van der Waals surface area contributed by atoms with Crippen LogP contribution >= 0.6 is 11.6 Å². The van der Waals surface area contributed by atoms with Crippen LogP contribution in [-0.2, 0) is 0 Å². The van der Waals surface area contributed by atoms with Gasteiger partial charge in [0.1, 0.15) is 5.75 Å². The van der Waals surface area contributed by atoms with Crippen LogP contribution in [0.2, 0.25) is 0 Å². The molecule has 0 atom stereocenters. The van der Waals surface area contributed by atoms with Gasteiger partial charge >= 0.3 is 0 Å². The Kier molecular flexibility index (Phi) is 1.62. The Balaban J connectivity index is 2.39. The first-order valence-corrected chi connectivity index (χ1v) is 3.98. The molecule has 1 aromatic rings. The van der Waals surface area contributed by atoms with E-state index in [-0.39, 0.29) is 0 Å². The lowest BCUT2D eigenvalue weighted by Gasteiger charge is -2.10. The second-order valence-electron chi connectivity index (χ2n) is 2.40. The SMILES string of the molecule is ClCN1COc2ccccc21. The number of nitrogens with zero attached hydrogens (tertiary/aromatic N) is 1. The lowest BCUT2D eigenvalue weighted by atomic mass is 10.3. The minimum absolute atomic E-state index is 0.483. The molecule has 3 heteroatoms. The van der Waals surface area contributed by atoms with E-state index >= 15 is 0 Å². The molecule has 2 rings (SSSR count). The first-order chi connectivity index (χ1) is 5.42. The quantitative estimate of drug-likeness (QED) is 0.471. The van der Waals surface area contributed by atoms with Gasteiger partial charge < -0.3 is 9.64 Å². The second-order valence-corrected chi connectivity index (χ2v) is 2.64. The van der Waals surface area contributed by atoms with Gasteiger partial charge in [-0.3, -0.25) is 0 Å². The van der Waals surface area contributed by atoms with Crippen LogP contribution in [0.4, 0.5) is 5.69 Å². The minimum Gasteiger partial charge on any atom is -0.471 e. The first-order valence-electron chi connectivity index (χ1n) is 3.44. The van der Waals surface area contributed by atoms with Crippen molar-refractivity contribution in [2.75, 3.05) is 17.6 Å². The first kappa shape index (κ1) is 6.80. The fourth-order valence-corrected chi connectivity index (χ4v) is 1.35. The zero-order chi connectivity index (χ0) is 7.68. The van der Waals surface area contributed by atoms with Gasteiger partial charge in [0.15, 0.2) is 6.73 Å². The van der Waals surface area contributed by atoms with E-state index in [0.717, 1.165) is 11.4 Å². The molecule has 0 aromatic heterocycles. The number of para-hydroxylation sites is 2. The van der Waals surface area contributed by atoms with Crippen molar-refractivity contribution < 1.29 is 4.74 Å². The van der Waals surface area contributed by atoms with Crippen molar-refractivity contribution in [3.63, 3.8) is 0 Å². The zero-order valence-electron chi connectivity index (χ0n) is 5.96. The third kappa shape index (κ3) is 1.03. The number of hydrogen-bond donors (Lipinski definition) is 0. The molecule has 58 valence electrons. The van der Waals surface area contributed by atoms with Crippen LogP contribution < -0.4 is 9.64 Å². The van der Waals surface area contributed by atoms with Crippen LogP contribution in [0.5, 0.6) is 5.75 Å². The Labute approximate surface area is 70.3 Å². The molecule has 1 aliphatic rings. The van der Waals surface area contributed by atoms with E-state index in [1.807, 2.05) is 29.2 Å². The molecule has 1 aromatic carbocycles. The summed E-state index contributed by atoms with van der Waals surface area (Å²) in [5.74, 6) is 0.924. The fraction of sp³-hybridized carbons (Fsp3) is 0.250. The molecule has 1 heterocycles. The van der Waals surface area contributed by atoms with Crippen LogP contribution in [0, 0.1) is 0 Å². The molecule has 0 aliphatic carbocycles. The Hall–Kier alpha value is -0.890. The highest BCUT2D eigenvalue weighted by atomic mass is 35.5. The van der Waals surface area contributed by atoms with Crippen LogP contribution in [0.3, 0.4) is 0 Å². The summed E-state index contributed by atoms with van der Waals surface area (Å²) in [4.78, 5) is 1.97. The molecular formula is C8H8ClNO. The Morgan fingerprint density at radius 2 is 2.27 bits per heavy atom. The van der Waals surface area contributed by atoms with Gasteiger partial charge in [-0.05, 0) is 12.1 Å². The van der Waals surface area contributed by atoms with Gasteiger partial charge in [-0.25, -0.2) is 0 Å². The third-order valence-corrected chi connectivity index (χ3v) is 2.01. The monoisotopic (exact) mass is 169 g/mol. The highest BCUT2D eigenvalue weighted by molar-refractivity contribution is 6.19. The second kappa shape index (κ2) is 2.62. The van der Waals surface area contributed by atoms with Crippen molar-refractivity contribution in [1.29, 1.82) is 0 Å². The lowest BCUT2D eigenvalue weighted by molar-refractivity contribution is 0.351. The minimum atomic E-state index is 0.483. The normalized spacial score (nSPS) is 14.5. The lowest BCUT2D eigenvalue weighted by Crippen LogP contribution is -2.19. The molecule has 11 heavy (non-hydrogen) atoms. The number of fused-ring (bicyclic) bond motifs is 1. The predicted molar refractivity (Wildman–Crippen MR) is 45.1 cm³/mol. The molecule has 0 N–H and O–H groups in total. The molecule has 0 saturated carbocycles. The van der Waals surface area contributed by atoms with Crippen molar-refractivity contribution >= 4 is 17.3 Å². The molecule has 0 spiro atoms. The average molecular weight is 170 g/mol. The van der Waals surface area contributed by atoms with Crippen molar-refractivity contribution in [3.8, 4) is 5.75 Å². The van der Waals surface area contributed by atoms with E-state index in [1.54, 1.807) is 0 Å². The highest BCUT2D eigenvalue weighted by Gasteiger charge is 2.17. The molecule has 0 saturated heterocycles. The molecule has 1 aliphatic heterocycles. The number of alkyl halides is 1. The van der Waals surface area contributed by atoms with E-state index in [1.165, 1.54) is 0 Å². The summed E-state index contributed by atoms with van der Waals surface area (Å²) in [7, 11) is 0. The number of benzene rings is 1. The largest absolute Gasteiger partial charge is 0.471 e. The predicted octanol–water partition coefficient (Wildman–Crippen LogP) is 2.04. The van der Waals surface area contributed by atoms with E-state index in [4.69, 9.17) is 16.3 Å². The molecule has 0 radical (unpaired) electrons. The van der Waals surface area contributed by atoms with Gasteiger partial charge in [0.25, 0.3) is 0 Å². The van der Waals surface area contributed by atoms with E-state index in [2.05, 4.69) is 0 Å². The number of rotatable bonds is 1. The van der Waals surface area contributed by atoms with E-state index in [0.29, 0.717) is 12.7 Å². The fourth-order valence-electron chi connectivity index (χ4n) is 1.16. The van der Waals surface area contributed by atoms with Gasteiger partial charge in [-0.1, -0.05) is 12.1 Å². The summed E-state index contributed by atoms with van der Waals surface area (Å²) in [5, 5.41) is 0. The van der Waals surface area contributed by atoms with Gasteiger partial charge in [0.2, 0.25) is 0 Å². The van der Waals surface area contributed by atoms with Crippen LogP contribution in [0.25, 0.3) is 0 Å². The number of anilines is 1. The Bertz CT molecular complexity index is 264. The van der Waals surface area contributed by atoms with Crippen molar-refractivity contribution in [1.82, 2.24) is 0 Å². The summed E-state index contributed by atoms with van der Waals surface area (Å²) in [6.07, 6.45) is 0. The summed E-state index contributed by atoms with van der Waals surface area (Å²) >= 11 is 5.68. The summed E-state index contributed by atoms with van der Waals surface area (Å²) < 4.78 is 5.34. The molecule has 2 nitrogen and oxygen atoms in total. The van der Waals surface area contributed by atoms with Gasteiger partial charge in [0, 0.05) is 0 Å². The third-order valence-electron chi connectivity index (χ3n) is 1.73. The summed E-state index contributed by atoms with van der Waals surface area (Å²) in [6.45, 7) is 0.572. The molecule has 0 amide bonds. The molecule has 0 bridgehead atoms. The maximum atomic E-state index is 5.68. The van der Waals surface area contributed by atoms with Gasteiger partial charge in [-0.15, -0.1) is 11.6 Å². The van der Waals surface area contributed by atoms with E-state index < -0.39 is 0 Å². The van der Waals surface area contributed by atoms with Crippen molar-refractivity contribution in [2.24, 2.45) is 0 Å². The summed E-state index contributed by atoms with van der Waals surface area (Å²) in [6, 6.07) is 8.37. The number of hydrogen-bond acceptors (Lipinski definition) is 2. The van der Waals surface area contributed by atoms with Crippen LogP contribution in [-0.4, -0.2) is 12.7 Å². The van der Waals surface area contributed by atoms with Gasteiger partial charge in [-0.2, -0.15) is 0 Å². The zero-order valence-corrected chi connectivity index (χ0v) is 6.71. The summed E-state index contributed by atoms with van der Waals surface area (Å²) in [5.41, 5.74) is 1.09. The highest BCUT2D eigenvalue weighted by Crippen LogP contribution is 2.32. The Morgan fingerprint density at radius 1 is 1.45 bits per heavy atom. The molecular weight excluding hydrogens is 162 g/mol. The Morgan fingerprint density at radius 3 is 3.09 bits per heavy atom. The number of halogens is 1. The molecule has 0 fully saturated rings. The maximum absolute atomic E-state index is 5.68. The van der Waals surface area contributed by atoms with Crippen molar-refractivity contribution in [3.05, 3.63) is 24.3 Å². The average Bonchev–Trinajstić information content (AvgIpc) is 2.47. The maximum Gasteiger partial charge on any atom is 0.162 e. The van der Waals surface area contributed by atoms with Crippen molar-refractivity contribution in [2.45, 2.75) is 0 Å². The molecule has 0 unspecified atom stereocenters. The smallest absolute Gasteiger partial charge is 0.162 e. The standard InChI is InChI=1S/C8H8ClNO/c9-5-10-6-11-8-4-2-1-3-7(8)10/h1-4H,5-6H2. The number of ether oxygens (including phenoxy) is 1. The van der Waals surface area contributed by atoms with Crippen LogP contribution in [0.1, 0.15) is 0 Å². The van der Waals surface area contributed by atoms with Crippen LogP contribution in [0.15, 0.2) is 24.3 Å². The van der Waals surface area contributed by atoms with Gasteiger partial charge in [0.05, 0.1) is 11.7 Å². The topological polar surface area (TPSA) is 12.5 Å².